The van der Waals surface area contributed by atoms with Gasteiger partial charge in [-0.2, -0.15) is 0 Å². The number of anilines is 2. The minimum absolute atomic E-state index is 0.0417. The predicted molar refractivity (Wildman–Crippen MR) is 115 cm³/mol. The molecule has 2 aromatic heterocycles. The van der Waals surface area contributed by atoms with Crippen LogP contribution in [0.4, 0.5) is 11.5 Å². The number of aromatic amines is 2. The standard InChI is InChI=1S/C22H19N3O2S/c1-3-15-19-17(14-6-4-5-7-16(14)28-19)18-20(23-22(27)24-21(18)26)25(15)13-10-8-12(2)9-11-13/h4-11,15H,3H2,1-2H3,(H2,23,24,26,27). The van der Waals surface area contributed by atoms with E-state index in [1.54, 1.807) is 11.3 Å². The molecule has 0 amide bonds. The van der Waals surface area contributed by atoms with Crippen LogP contribution in [0.1, 0.15) is 29.8 Å². The van der Waals surface area contributed by atoms with Gasteiger partial charge in [-0.3, -0.25) is 14.8 Å². The second kappa shape index (κ2) is 6.21. The van der Waals surface area contributed by atoms with Gasteiger partial charge < -0.3 is 4.90 Å². The third-order valence-corrected chi connectivity index (χ3v) is 6.62. The van der Waals surface area contributed by atoms with Crippen molar-refractivity contribution in [1.82, 2.24) is 9.97 Å². The van der Waals surface area contributed by atoms with E-state index < -0.39 is 5.69 Å². The van der Waals surface area contributed by atoms with Crippen LogP contribution in [0.2, 0.25) is 0 Å². The molecule has 5 nitrogen and oxygen atoms in total. The molecule has 1 unspecified atom stereocenters. The molecule has 4 aromatic rings. The largest absolute Gasteiger partial charge is 0.327 e. The van der Waals surface area contributed by atoms with Gasteiger partial charge in [-0.25, -0.2) is 4.79 Å². The average Bonchev–Trinajstić information content (AvgIpc) is 3.06. The highest BCUT2D eigenvalue weighted by Gasteiger charge is 2.36. The van der Waals surface area contributed by atoms with Gasteiger partial charge in [0.1, 0.15) is 5.82 Å². The number of aryl methyl sites for hydroxylation is 1. The third-order valence-electron chi connectivity index (χ3n) is 5.35. The van der Waals surface area contributed by atoms with Gasteiger partial charge >= 0.3 is 5.69 Å². The maximum atomic E-state index is 12.9. The summed E-state index contributed by atoms with van der Waals surface area (Å²) in [7, 11) is 0. The number of H-pyrrole nitrogens is 2. The van der Waals surface area contributed by atoms with E-state index in [1.807, 2.05) is 49.4 Å². The minimum Gasteiger partial charge on any atom is -0.319 e. The first-order valence-electron chi connectivity index (χ1n) is 9.32. The summed E-state index contributed by atoms with van der Waals surface area (Å²) in [5.74, 6) is 0.570. The number of hydrogen-bond donors (Lipinski definition) is 2. The van der Waals surface area contributed by atoms with E-state index in [2.05, 4.69) is 27.9 Å². The summed E-state index contributed by atoms with van der Waals surface area (Å²) >= 11 is 1.72. The fourth-order valence-electron chi connectivity index (χ4n) is 4.10. The van der Waals surface area contributed by atoms with Crippen LogP contribution in [0.15, 0.2) is 58.1 Å². The summed E-state index contributed by atoms with van der Waals surface area (Å²) in [5.41, 5.74) is 2.77. The highest BCUT2D eigenvalue weighted by Crippen LogP contribution is 2.52. The number of aromatic nitrogens is 2. The lowest BCUT2D eigenvalue weighted by atomic mass is 9.93. The highest BCUT2D eigenvalue weighted by molar-refractivity contribution is 7.19. The lowest BCUT2D eigenvalue weighted by Crippen LogP contribution is -2.35. The van der Waals surface area contributed by atoms with Gasteiger partial charge in [0.2, 0.25) is 0 Å². The van der Waals surface area contributed by atoms with Crippen molar-refractivity contribution in [2.75, 3.05) is 4.90 Å². The molecule has 1 atom stereocenters. The van der Waals surface area contributed by atoms with Gasteiger partial charge in [0.15, 0.2) is 0 Å². The molecule has 6 heteroatoms. The van der Waals surface area contributed by atoms with Crippen molar-refractivity contribution >= 4 is 32.9 Å². The van der Waals surface area contributed by atoms with E-state index in [1.165, 1.54) is 0 Å². The van der Waals surface area contributed by atoms with E-state index in [0.29, 0.717) is 11.4 Å². The molecule has 3 heterocycles. The lowest BCUT2D eigenvalue weighted by molar-refractivity contribution is 0.669. The van der Waals surface area contributed by atoms with Crippen molar-refractivity contribution in [3.63, 3.8) is 0 Å². The van der Waals surface area contributed by atoms with Crippen molar-refractivity contribution in [2.24, 2.45) is 0 Å². The summed E-state index contributed by atoms with van der Waals surface area (Å²) in [5, 5.41) is 1.06. The number of nitrogens with zero attached hydrogens (tertiary/aromatic N) is 1. The molecule has 2 aromatic carbocycles. The Balaban J connectivity index is 1.91. The monoisotopic (exact) mass is 389 g/mol. The van der Waals surface area contributed by atoms with Crippen molar-refractivity contribution in [3.8, 4) is 11.1 Å². The van der Waals surface area contributed by atoms with Crippen LogP contribution in [-0.4, -0.2) is 9.97 Å². The molecule has 5 rings (SSSR count). The van der Waals surface area contributed by atoms with Crippen LogP contribution in [0.25, 0.3) is 21.2 Å². The summed E-state index contributed by atoms with van der Waals surface area (Å²) in [4.78, 5) is 33.7. The summed E-state index contributed by atoms with van der Waals surface area (Å²) in [6, 6.07) is 16.4. The van der Waals surface area contributed by atoms with Crippen LogP contribution in [0.3, 0.4) is 0 Å². The maximum Gasteiger partial charge on any atom is 0.327 e. The second-order valence-electron chi connectivity index (χ2n) is 7.10. The Morgan fingerprint density at radius 2 is 1.75 bits per heavy atom. The fourth-order valence-corrected chi connectivity index (χ4v) is 5.49. The number of nitrogens with one attached hydrogen (secondary N) is 2. The second-order valence-corrected chi connectivity index (χ2v) is 8.18. The average molecular weight is 389 g/mol. The number of benzene rings is 2. The van der Waals surface area contributed by atoms with E-state index in [9.17, 15) is 9.59 Å². The molecule has 0 spiro atoms. The number of hydrogen-bond acceptors (Lipinski definition) is 4. The number of rotatable bonds is 2. The molecule has 0 saturated heterocycles. The van der Waals surface area contributed by atoms with Gasteiger partial charge in [-0.05, 0) is 31.5 Å². The zero-order valence-electron chi connectivity index (χ0n) is 15.6. The highest BCUT2D eigenvalue weighted by atomic mass is 32.1. The molecule has 0 aliphatic carbocycles. The van der Waals surface area contributed by atoms with E-state index in [-0.39, 0.29) is 11.6 Å². The first-order valence-corrected chi connectivity index (χ1v) is 10.1. The molecule has 2 N–H and O–H groups in total. The Hall–Kier alpha value is -3.12. The van der Waals surface area contributed by atoms with Crippen LogP contribution in [0.5, 0.6) is 0 Å². The van der Waals surface area contributed by atoms with Crippen LogP contribution < -0.4 is 16.1 Å². The molecule has 1 aliphatic heterocycles. The van der Waals surface area contributed by atoms with Crippen molar-refractivity contribution in [3.05, 3.63) is 79.8 Å². The molecular weight excluding hydrogens is 370 g/mol. The van der Waals surface area contributed by atoms with E-state index >= 15 is 0 Å². The van der Waals surface area contributed by atoms with Crippen molar-refractivity contribution < 1.29 is 0 Å². The Kier molecular flexibility index (Phi) is 3.77. The number of thiophene rings is 1. The Morgan fingerprint density at radius 1 is 1.00 bits per heavy atom. The third kappa shape index (κ3) is 2.38. The molecule has 0 radical (unpaired) electrons. The van der Waals surface area contributed by atoms with Gasteiger partial charge in [0, 0.05) is 26.2 Å². The number of fused-ring (bicyclic) bond motifs is 5. The van der Waals surface area contributed by atoms with Gasteiger partial charge in [0.25, 0.3) is 5.56 Å². The molecule has 28 heavy (non-hydrogen) atoms. The summed E-state index contributed by atoms with van der Waals surface area (Å²) in [6.07, 6.45) is 0.849. The molecular formula is C22H19N3O2S. The molecule has 1 aliphatic rings. The Morgan fingerprint density at radius 3 is 2.50 bits per heavy atom. The zero-order valence-corrected chi connectivity index (χ0v) is 16.4. The molecule has 0 fully saturated rings. The molecule has 0 bridgehead atoms. The van der Waals surface area contributed by atoms with E-state index in [0.717, 1.165) is 38.2 Å². The lowest BCUT2D eigenvalue weighted by Gasteiger charge is -2.37. The fraction of sp³-hybridized carbons (Fsp3) is 0.182. The summed E-state index contributed by atoms with van der Waals surface area (Å²) < 4.78 is 1.15. The first-order chi connectivity index (χ1) is 13.6. The first kappa shape index (κ1) is 17.0. The smallest absolute Gasteiger partial charge is 0.319 e. The van der Waals surface area contributed by atoms with Crippen LogP contribution >= 0.6 is 11.3 Å². The molecule has 140 valence electrons. The van der Waals surface area contributed by atoms with Gasteiger partial charge in [-0.15, -0.1) is 11.3 Å². The quantitative estimate of drug-likeness (QED) is 0.515. The van der Waals surface area contributed by atoms with Gasteiger partial charge in [0.05, 0.1) is 11.6 Å². The molecule has 0 saturated carbocycles. The van der Waals surface area contributed by atoms with Crippen molar-refractivity contribution in [2.45, 2.75) is 26.3 Å². The normalized spacial score (nSPS) is 15.5. The van der Waals surface area contributed by atoms with Crippen molar-refractivity contribution in [1.29, 1.82) is 0 Å². The summed E-state index contributed by atoms with van der Waals surface area (Å²) in [6.45, 7) is 4.18. The Labute approximate surface area is 165 Å². The van der Waals surface area contributed by atoms with Crippen LogP contribution in [0, 0.1) is 6.92 Å². The minimum atomic E-state index is -0.487. The SMILES string of the molecule is CCC1c2sc3ccccc3c2-c2c([nH]c(=O)[nH]c2=O)N1c1ccc(C)cc1. The van der Waals surface area contributed by atoms with E-state index in [4.69, 9.17) is 0 Å². The zero-order chi connectivity index (χ0) is 19.4. The van der Waals surface area contributed by atoms with Gasteiger partial charge in [-0.1, -0.05) is 42.8 Å². The maximum absolute atomic E-state index is 12.9. The topological polar surface area (TPSA) is 69.0 Å². The van der Waals surface area contributed by atoms with Crippen LogP contribution in [-0.2, 0) is 0 Å². The predicted octanol–water partition coefficient (Wildman–Crippen LogP) is 4.86. The Bertz CT molecular complexity index is 1310.